The summed E-state index contributed by atoms with van der Waals surface area (Å²) >= 11 is 0. The van der Waals surface area contributed by atoms with Crippen molar-refractivity contribution < 1.29 is 20.1 Å². The van der Waals surface area contributed by atoms with Gasteiger partial charge in [0.25, 0.3) is 0 Å². The summed E-state index contributed by atoms with van der Waals surface area (Å²) in [6, 6.07) is 0. The third-order valence-corrected chi connectivity index (χ3v) is 3.57. The summed E-state index contributed by atoms with van der Waals surface area (Å²) < 4.78 is 5.41. The van der Waals surface area contributed by atoms with Crippen LogP contribution in [0.5, 0.6) is 0 Å². The van der Waals surface area contributed by atoms with Crippen molar-refractivity contribution in [1.82, 2.24) is 0 Å². The molecule has 0 bridgehead atoms. The van der Waals surface area contributed by atoms with Gasteiger partial charge in [-0.3, -0.25) is 0 Å². The van der Waals surface area contributed by atoms with Crippen LogP contribution in [-0.2, 0) is 9.53 Å². The molecule has 0 aromatic carbocycles. The third-order valence-electron chi connectivity index (χ3n) is 3.57. The Kier molecular flexibility index (Phi) is 10.0. The molecule has 1 saturated carbocycles. The zero-order valence-corrected chi connectivity index (χ0v) is 14.3. The first-order valence-corrected chi connectivity index (χ1v) is 6.30. The van der Waals surface area contributed by atoms with Crippen molar-refractivity contribution in [3.63, 3.8) is 0 Å². The van der Waals surface area contributed by atoms with E-state index in [4.69, 9.17) is 9.84 Å². The van der Waals surface area contributed by atoms with Crippen LogP contribution in [0.3, 0.4) is 0 Å². The second-order valence-electron chi connectivity index (χ2n) is 5.48. The molecule has 0 spiro atoms. The highest BCUT2D eigenvalue weighted by Gasteiger charge is 2.33. The van der Waals surface area contributed by atoms with Gasteiger partial charge in [-0.2, -0.15) is 0 Å². The molecular weight excluding hydrogens is 247 g/mol. The maximum Gasteiger partial charge on any atom is 0.334 e. The molecule has 1 aliphatic carbocycles. The normalized spacial score (nSPS) is 28.9. The first-order valence-electron chi connectivity index (χ1n) is 6.30. The van der Waals surface area contributed by atoms with Gasteiger partial charge >= 0.3 is 5.97 Å². The highest BCUT2D eigenvalue weighted by atomic mass is 27.0. The highest BCUT2D eigenvalue weighted by molar-refractivity contribution is 5.75. The Morgan fingerprint density at radius 3 is 2.28 bits per heavy atom. The molecule has 0 heterocycles. The van der Waals surface area contributed by atoms with E-state index in [2.05, 4.69) is 20.8 Å². The Hall–Kier alpha value is -0.0775. The summed E-state index contributed by atoms with van der Waals surface area (Å²) in [7, 11) is 0. The molecule has 1 fully saturated rings. The maximum atomic E-state index is 11.4. The van der Waals surface area contributed by atoms with Crippen LogP contribution in [-0.4, -0.2) is 46.1 Å². The first-order chi connectivity index (χ1) is 7.41. The lowest BCUT2D eigenvalue weighted by molar-refractivity contribution is -0.164. The molecule has 1 aliphatic rings. The van der Waals surface area contributed by atoms with Crippen molar-refractivity contribution in [3.8, 4) is 0 Å². The molecule has 0 aromatic heterocycles. The van der Waals surface area contributed by atoms with Crippen LogP contribution in [0.25, 0.3) is 0 Å². The minimum absolute atomic E-state index is 0. The van der Waals surface area contributed by atoms with Crippen molar-refractivity contribution in [1.29, 1.82) is 0 Å². The molecule has 0 aromatic rings. The smallest absolute Gasteiger partial charge is 0.334 e. The number of esters is 1. The molecule has 3 N–H and O–H groups in total. The number of hydrogen-bond donors (Lipinski definition) is 1. The molecular formula is C13H28AlO4. The van der Waals surface area contributed by atoms with Crippen LogP contribution >= 0.6 is 0 Å². The Morgan fingerprint density at radius 1 is 1.28 bits per heavy atom. The predicted molar refractivity (Wildman–Crippen MR) is 75.1 cm³/mol. The van der Waals surface area contributed by atoms with Gasteiger partial charge in [0.15, 0.2) is 0 Å². The second kappa shape index (κ2) is 8.93. The van der Waals surface area contributed by atoms with Gasteiger partial charge in [-0.15, -0.1) is 0 Å². The van der Waals surface area contributed by atoms with Crippen LogP contribution < -0.4 is 0 Å². The molecule has 0 aliphatic heterocycles. The summed E-state index contributed by atoms with van der Waals surface area (Å²) in [5, 5.41) is 9.17. The molecule has 0 amide bonds. The number of aliphatic hydroxyl groups is 1. The fourth-order valence-electron chi connectivity index (χ4n) is 2.50. The first kappa shape index (κ1) is 20.2. The molecule has 1 radical (unpaired) electrons. The van der Waals surface area contributed by atoms with Gasteiger partial charge in [0.05, 0.1) is 0 Å². The number of carbonyl (C=O) groups excluding carboxylic acids is 1. The minimum Gasteiger partial charge on any atom is -0.460 e. The summed E-state index contributed by atoms with van der Waals surface area (Å²) in [6.07, 6.45) is 2.25. The average Bonchev–Trinajstić information content (AvgIpc) is 2.16. The molecule has 4 unspecified atom stereocenters. The van der Waals surface area contributed by atoms with Crippen molar-refractivity contribution >= 4 is 23.3 Å². The van der Waals surface area contributed by atoms with Crippen LogP contribution in [0.1, 0.15) is 47.0 Å². The molecule has 0 saturated heterocycles. The van der Waals surface area contributed by atoms with Crippen molar-refractivity contribution in [2.45, 2.75) is 59.2 Å². The molecule has 18 heavy (non-hydrogen) atoms. The van der Waals surface area contributed by atoms with Gasteiger partial charge in [0.2, 0.25) is 0 Å². The SMILES string of the molecule is CC1CCC(C(C)C)C(OC(=O)C(C)O)C1.O.[AlH2]. The molecule has 1 rings (SSSR count). The lowest BCUT2D eigenvalue weighted by Crippen LogP contribution is -2.37. The molecule has 4 atom stereocenters. The van der Waals surface area contributed by atoms with Gasteiger partial charge in [0.1, 0.15) is 29.6 Å². The fraction of sp³-hybridized carbons (Fsp3) is 0.923. The Balaban J connectivity index is 0. The zero-order valence-electron chi connectivity index (χ0n) is 12.3. The Labute approximate surface area is 121 Å². The van der Waals surface area contributed by atoms with Crippen LogP contribution in [0.15, 0.2) is 0 Å². The number of rotatable bonds is 3. The van der Waals surface area contributed by atoms with Gasteiger partial charge in [-0.1, -0.05) is 27.2 Å². The van der Waals surface area contributed by atoms with Gasteiger partial charge in [-0.05, 0) is 37.5 Å². The summed E-state index contributed by atoms with van der Waals surface area (Å²) in [5.41, 5.74) is 0. The molecule has 5 heteroatoms. The van der Waals surface area contributed by atoms with E-state index >= 15 is 0 Å². The largest absolute Gasteiger partial charge is 0.460 e. The van der Waals surface area contributed by atoms with Crippen LogP contribution in [0.4, 0.5) is 0 Å². The molecule has 4 nitrogen and oxygen atoms in total. The van der Waals surface area contributed by atoms with Crippen molar-refractivity contribution in [3.05, 3.63) is 0 Å². The monoisotopic (exact) mass is 275 g/mol. The topological polar surface area (TPSA) is 78.0 Å². The number of hydrogen-bond acceptors (Lipinski definition) is 3. The van der Waals surface area contributed by atoms with E-state index in [0.29, 0.717) is 17.8 Å². The van der Waals surface area contributed by atoms with E-state index in [1.807, 2.05) is 0 Å². The van der Waals surface area contributed by atoms with Crippen LogP contribution in [0, 0.1) is 17.8 Å². The molecule has 107 valence electrons. The number of carbonyl (C=O) groups is 1. The minimum atomic E-state index is -1.01. The van der Waals surface area contributed by atoms with Crippen molar-refractivity contribution in [2.75, 3.05) is 0 Å². The van der Waals surface area contributed by atoms with Gasteiger partial charge < -0.3 is 15.3 Å². The maximum absolute atomic E-state index is 11.4. The van der Waals surface area contributed by atoms with E-state index in [9.17, 15) is 4.79 Å². The van der Waals surface area contributed by atoms with E-state index in [0.717, 1.165) is 12.8 Å². The standard InChI is InChI=1S/C13H24O3.Al.H2O.2H/c1-8(2)11-6-5-9(3)7-12(11)16-13(15)10(4)14;;;;/h8-12,14H,5-7H2,1-4H3;;1H2;;. The summed E-state index contributed by atoms with van der Waals surface area (Å²) in [5.74, 6) is 1.10. The predicted octanol–water partition coefficient (Wildman–Crippen LogP) is 0.630. The lowest BCUT2D eigenvalue weighted by Gasteiger charge is -2.36. The van der Waals surface area contributed by atoms with E-state index in [1.165, 1.54) is 13.3 Å². The summed E-state index contributed by atoms with van der Waals surface area (Å²) in [4.78, 5) is 11.4. The van der Waals surface area contributed by atoms with Gasteiger partial charge in [-0.25, -0.2) is 4.79 Å². The Morgan fingerprint density at radius 2 is 1.83 bits per heavy atom. The third kappa shape index (κ3) is 5.71. The average molecular weight is 275 g/mol. The highest BCUT2D eigenvalue weighted by Crippen LogP contribution is 2.35. The second-order valence-corrected chi connectivity index (χ2v) is 5.48. The lowest BCUT2D eigenvalue weighted by atomic mass is 9.75. The summed E-state index contributed by atoms with van der Waals surface area (Å²) in [6.45, 7) is 7.99. The zero-order chi connectivity index (χ0) is 12.3. The quantitative estimate of drug-likeness (QED) is 0.606. The van der Waals surface area contributed by atoms with E-state index < -0.39 is 12.1 Å². The van der Waals surface area contributed by atoms with Crippen molar-refractivity contribution in [2.24, 2.45) is 17.8 Å². The van der Waals surface area contributed by atoms with E-state index in [1.54, 1.807) is 0 Å². The number of ether oxygens (including phenoxy) is 1. The number of aliphatic hydroxyl groups excluding tert-OH is 1. The fourth-order valence-corrected chi connectivity index (χ4v) is 2.50. The Bertz CT molecular complexity index is 243. The van der Waals surface area contributed by atoms with E-state index in [-0.39, 0.29) is 28.9 Å². The van der Waals surface area contributed by atoms with Gasteiger partial charge in [0, 0.05) is 0 Å². The van der Waals surface area contributed by atoms with Crippen LogP contribution in [0.2, 0.25) is 0 Å².